The van der Waals surface area contributed by atoms with Crippen molar-refractivity contribution < 1.29 is 8.98 Å². The molecule has 0 atom stereocenters. The summed E-state index contributed by atoms with van der Waals surface area (Å²) < 4.78 is 11.4. The summed E-state index contributed by atoms with van der Waals surface area (Å²) in [4.78, 5) is 0. The maximum atomic E-state index is 6.51. The van der Waals surface area contributed by atoms with Gasteiger partial charge in [0.25, 0.3) is 0 Å². The molecule has 1 aliphatic rings. The fraction of sp³-hybridized carbons (Fsp3) is 0.119. The van der Waals surface area contributed by atoms with E-state index in [-0.39, 0.29) is 5.54 Å². The van der Waals surface area contributed by atoms with Gasteiger partial charge in [-0.1, -0.05) is 81.1 Å². The molecule has 0 spiro atoms. The van der Waals surface area contributed by atoms with Crippen LogP contribution in [0.25, 0.3) is 77.4 Å². The summed E-state index contributed by atoms with van der Waals surface area (Å²) in [6.45, 7) is 9.23. The van der Waals surface area contributed by atoms with E-state index in [1.165, 1.54) is 49.8 Å². The van der Waals surface area contributed by atoms with Gasteiger partial charge in [-0.2, -0.15) is 4.57 Å². The van der Waals surface area contributed by atoms with Gasteiger partial charge >= 0.3 is 0 Å². The molecule has 4 heterocycles. The highest BCUT2D eigenvalue weighted by Gasteiger charge is 2.46. The number of para-hydroxylation sites is 1. The number of pyridine rings is 1. The van der Waals surface area contributed by atoms with Crippen LogP contribution in [-0.4, -0.2) is 4.57 Å². The normalized spacial score (nSPS) is 14.0. The van der Waals surface area contributed by atoms with E-state index < -0.39 is 0 Å². The van der Waals surface area contributed by atoms with Gasteiger partial charge in [-0.3, -0.25) is 0 Å². The second-order valence-corrected chi connectivity index (χ2v) is 12.3. The molecular weight excluding hydrogens is 548 g/mol. The van der Waals surface area contributed by atoms with Crippen molar-refractivity contribution in [3.63, 3.8) is 0 Å². The number of benzene rings is 5. The molecule has 1 aliphatic heterocycles. The van der Waals surface area contributed by atoms with E-state index in [2.05, 4.69) is 157 Å². The van der Waals surface area contributed by atoms with Gasteiger partial charge in [-0.25, -0.2) is 0 Å². The number of furan rings is 1. The highest BCUT2D eigenvalue weighted by Crippen LogP contribution is 2.45. The molecule has 0 saturated carbocycles. The Morgan fingerprint density at radius 2 is 1.40 bits per heavy atom. The first-order valence-electron chi connectivity index (χ1n) is 15.9. The number of nitrogens with zero attached hydrogens (tertiary/aromatic N) is 2. The molecule has 0 radical (unpaired) electrons. The van der Waals surface area contributed by atoms with Crippen LogP contribution in [0.15, 0.2) is 139 Å². The van der Waals surface area contributed by atoms with E-state index in [0.29, 0.717) is 0 Å². The van der Waals surface area contributed by atoms with Crippen LogP contribution >= 0.6 is 0 Å². The standard InChI is InChI=1S/C42H33N2O/c1-4-42(5-2)27(3)31-20-19-30(24-33(31)37-16-11-12-22-43(37)42)44-38-17-10-9-15-32(38)34-25-36-35-23-29(28-13-7-6-8-14-28)18-21-40(35)45-41(36)26-39(34)44/h6-26H,3-5H2,1-2H3/q+1. The van der Waals surface area contributed by atoms with Crippen molar-refractivity contribution in [3.05, 3.63) is 140 Å². The number of aromatic nitrogens is 2. The number of allylic oxidation sites excluding steroid dienone is 1. The molecular formula is C42H33N2O+. The van der Waals surface area contributed by atoms with E-state index in [0.717, 1.165) is 46.0 Å². The van der Waals surface area contributed by atoms with Crippen LogP contribution in [0.1, 0.15) is 32.3 Å². The van der Waals surface area contributed by atoms with Gasteiger partial charge in [0.2, 0.25) is 5.69 Å². The summed E-state index contributed by atoms with van der Waals surface area (Å²) in [5.41, 5.74) is 12.4. The maximum absolute atomic E-state index is 6.51. The predicted octanol–water partition coefficient (Wildman–Crippen LogP) is 10.8. The third-order valence-corrected chi connectivity index (χ3v) is 10.3. The largest absolute Gasteiger partial charge is 0.456 e. The minimum Gasteiger partial charge on any atom is -0.456 e. The lowest BCUT2D eigenvalue weighted by Crippen LogP contribution is -2.59. The highest BCUT2D eigenvalue weighted by atomic mass is 16.3. The Kier molecular flexibility index (Phi) is 5.52. The van der Waals surface area contributed by atoms with Crippen LogP contribution in [0, 0.1) is 0 Å². The first kappa shape index (κ1) is 26.0. The number of hydrogen-bond acceptors (Lipinski definition) is 1. The molecule has 0 amide bonds. The van der Waals surface area contributed by atoms with Crippen molar-refractivity contribution >= 4 is 49.3 Å². The second kappa shape index (κ2) is 9.54. The first-order chi connectivity index (χ1) is 22.1. The summed E-state index contributed by atoms with van der Waals surface area (Å²) in [6.07, 6.45) is 4.22. The average Bonchev–Trinajstić information content (AvgIpc) is 3.62. The van der Waals surface area contributed by atoms with Crippen molar-refractivity contribution in [2.45, 2.75) is 32.2 Å². The predicted molar refractivity (Wildman–Crippen MR) is 187 cm³/mol. The Hall–Kier alpha value is -5.41. The van der Waals surface area contributed by atoms with E-state index in [1.54, 1.807) is 0 Å². The molecule has 0 bridgehead atoms. The minimum atomic E-state index is -0.120. The smallest absolute Gasteiger partial charge is 0.213 e. The molecule has 45 heavy (non-hydrogen) atoms. The number of fused-ring (bicyclic) bond motifs is 9. The zero-order valence-electron chi connectivity index (χ0n) is 25.5. The van der Waals surface area contributed by atoms with Crippen LogP contribution in [0.2, 0.25) is 0 Å². The van der Waals surface area contributed by atoms with Gasteiger partial charge in [0.1, 0.15) is 11.2 Å². The van der Waals surface area contributed by atoms with Gasteiger partial charge in [0.15, 0.2) is 11.7 Å². The van der Waals surface area contributed by atoms with Crippen LogP contribution in [0.5, 0.6) is 0 Å². The second-order valence-electron chi connectivity index (χ2n) is 12.3. The SMILES string of the molecule is C=C1c2ccc(-n3c4ccccc4c4cc5c(cc43)oc3ccc(-c4ccccc4)cc35)cc2-c2cccc[n+]2C1(CC)CC. The summed E-state index contributed by atoms with van der Waals surface area (Å²) in [5.74, 6) is 0. The summed E-state index contributed by atoms with van der Waals surface area (Å²) >= 11 is 0. The van der Waals surface area contributed by atoms with E-state index in [1.807, 2.05) is 0 Å². The van der Waals surface area contributed by atoms with Crippen molar-refractivity contribution in [3.8, 4) is 28.1 Å². The van der Waals surface area contributed by atoms with Gasteiger partial charge in [0.05, 0.1) is 16.6 Å². The van der Waals surface area contributed by atoms with Gasteiger partial charge in [-0.15, -0.1) is 0 Å². The van der Waals surface area contributed by atoms with E-state index in [9.17, 15) is 0 Å². The Morgan fingerprint density at radius 1 is 0.622 bits per heavy atom. The molecule has 3 aromatic heterocycles. The zero-order valence-corrected chi connectivity index (χ0v) is 25.5. The maximum Gasteiger partial charge on any atom is 0.213 e. The van der Waals surface area contributed by atoms with E-state index in [4.69, 9.17) is 4.42 Å². The Balaban J connectivity index is 1.29. The van der Waals surface area contributed by atoms with Crippen molar-refractivity contribution in [1.82, 2.24) is 4.57 Å². The fourth-order valence-corrected chi connectivity index (χ4v) is 7.92. The number of rotatable bonds is 4. The van der Waals surface area contributed by atoms with Crippen LogP contribution in [-0.2, 0) is 5.54 Å². The lowest BCUT2D eigenvalue weighted by atomic mass is 9.75. The lowest BCUT2D eigenvalue weighted by molar-refractivity contribution is -0.741. The summed E-state index contributed by atoms with van der Waals surface area (Å²) in [6, 6.07) is 43.8. The molecule has 3 heteroatoms. The monoisotopic (exact) mass is 581 g/mol. The van der Waals surface area contributed by atoms with Gasteiger partial charge < -0.3 is 8.98 Å². The highest BCUT2D eigenvalue weighted by molar-refractivity contribution is 6.17. The fourth-order valence-electron chi connectivity index (χ4n) is 7.92. The molecule has 0 unspecified atom stereocenters. The van der Waals surface area contributed by atoms with Crippen LogP contribution in [0.3, 0.4) is 0 Å². The molecule has 3 nitrogen and oxygen atoms in total. The molecule has 0 N–H and O–H groups in total. The van der Waals surface area contributed by atoms with E-state index >= 15 is 0 Å². The van der Waals surface area contributed by atoms with Crippen molar-refractivity contribution in [2.24, 2.45) is 0 Å². The molecule has 0 saturated heterocycles. The molecule has 5 aromatic carbocycles. The third kappa shape index (κ3) is 3.55. The molecule has 9 rings (SSSR count). The Morgan fingerprint density at radius 3 is 2.24 bits per heavy atom. The van der Waals surface area contributed by atoms with Gasteiger partial charge in [0, 0.05) is 63.8 Å². The van der Waals surface area contributed by atoms with Crippen molar-refractivity contribution in [1.29, 1.82) is 0 Å². The molecule has 8 aromatic rings. The average molecular weight is 582 g/mol. The lowest BCUT2D eigenvalue weighted by Gasteiger charge is -2.35. The van der Waals surface area contributed by atoms with Crippen LogP contribution < -0.4 is 4.57 Å². The van der Waals surface area contributed by atoms with Gasteiger partial charge in [-0.05, 0) is 59.2 Å². The minimum absolute atomic E-state index is 0.120. The van der Waals surface area contributed by atoms with Crippen molar-refractivity contribution in [2.75, 3.05) is 0 Å². The third-order valence-electron chi connectivity index (χ3n) is 10.3. The topological polar surface area (TPSA) is 21.9 Å². The Labute approximate surface area is 262 Å². The first-order valence-corrected chi connectivity index (χ1v) is 15.9. The summed E-state index contributed by atoms with van der Waals surface area (Å²) in [5, 5.41) is 4.73. The summed E-state index contributed by atoms with van der Waals surface area (Å²) in [7, 11) is 0. The zero-order chi connectivity index (χ0) is 30.3. The molecule has 0 fully saturated rings. The van der Waals surface area contributed by atoms with Crippen LogP contribution in [0.4, 0.5) is 0 Å². The number of hydrogen-bond donors (Lipinski definition) is 0. The quantitative estimate of drug-likeness (QED) is 0.190. The molecule has 0 aliphatic carbocycles. The Bertz CT molecular complexity index is 2470. The molecule has 216 valence electrons.